The van der Waals surface area contributed by atoms with Gasteiger partial charge in [0.15, 0.2) is 6.29 Å². The molecule has 0 fully saturated rings. The number of carbonyl (C=O) groups excluding carboxylic acids is 3. The summed E-state index contributed by atoms with van der Waals surface area (Å²) in [6, 6.07) is 0. The van der Waals surface area contributed by atoms with Gasteiger partial charge in [0.25, 0.3) is 0 Å². The summed E-state index contributed by atoms with van der Waals surface area (Å²) in [6.45, 7) is 7.26. The average Bonchev–Trinajstić information content (AvgIpc) is 2.98. The monoisotopic (exact) mass is 371 g/mol. The van der Waals surface area contributed by atoms with Gasteiger partial charge in [-0.15, -0.1) is 5.73 Å². The number of ether oxygens (including phenoxy) is 2. The predicted octanol–water partition coefficient (Wildman–Crippen LogP) is 3.93. The zero-order chi connectivity index (χ0) is 20.0. The molecule has 6 nitrogen and oxygen atoms in total. The number of aromatic amines is 1. The Balaban J connectivity index is 2.33. The van der Waals surface area contributed by atoms with Gasteiger partial charge < -0.3 is 14.5 Å². The lowest BCUT2D eigenvalue weighted by Gasteiger charge is -2.19. The number of nitrogens with one attached hydrogen (secondary N) is 1. The average molecular weight is 371 g/mol. The first-order valence-corrected chi connectivity index (χ1v) is 8.97. The van der Waals surface area contributed by atoms with Gasteiger partial charge in [0.1, 0.15) is 17.9 Å². The van der Waals surface area contributed by atoms with Crippen molar-refractivity contribution in [3.63, 3.8) is 0 Å². The quantitative estimate of drug-likeness (QED) is 0.446. The van der Waals surface area contributed by atoms with Gasteiger partial charge in [-0.25, -0.2) is 9.59 Å². The Bertz CT molecular complexity index is 829. The van der Waals surface area contributed by atoms with E-state index in [2.05, 4.69) is 10.7 Å². The summed E-state index contributed by atoms with van der Waals surface area (Å²) in [6.07, 6.45) is 7.92. The van der Waals surface area contributed by atoms with Crippen molar-refractivity contribution in [2.45, 2.75) is 52.6 Å². The normalized spacial score (nSPS) is 13.3. The molecule has 144 valence electrons. The molecule has 0 spiro atoms. The van der Waals surface area contributed by atoms with Gasteiger partial charge >= 0.3 is 11.9 Å². The van der Waals surface area contributed by atoms with Crippen LogP contribution in [0, 0.1) is 0 Å². The van der Waals surface area contributed by atoms with Crippen LogP contribution in [0.25, 0.3) is 0 Å². The van der Waals surface area contributed by atoms with E-state index < -0.39 is 17.5 Å². The van der Waals surface area contributed by atoms with Crippen molar-refractivity contribution in [2.75, 3.05) is 6.61 Å². The van der Waals surface area contributed by atoms with E-state index in [1.54, 1.807) is 26.8 Å². The van der Waals surface area contributed by atoms with Gasteiger partial charge in [-0.05, 0) is 56.9 Å². The number of carbonyl (C=O) groups is 3. The minimum absolute atomic E-state index is 0.0253. The Morgan fingerprint density at radius 2 is 2.04 bits per heavy atom. The van der Waals surface area contributed by atoms with E-state index in [-0.39, 0.29) is 23.6 Å². The zero-order valence-corrected chi connectivity index (χ0v) is 16.2. The van der Waals surface area contributed by atoms with Crippen LogP contribution in [0.15, 0.2) is 29.5 Å². The Hall–Kier alpha value is -2.85. The van der Waals surface area contributed by atoms with Crippen LogP contribution in [0.1, 0.15) is 77.4 Å². The first-order chi connectivity index (χ1) is 12.8. The molecule has 0 bridgehead atoms. The van der Waals surface area contributed by atoms with Crippen molar-refractivity contribution in [2.24, 2.45) is 0 Å². The molecule has 1 aliphatic rings. The van der Waals surface area contributed by atoms with E-state index in [1.807, 2.05) is 19.1 Å². The van der Waals surface area contributed by atoms with Crippen LogP contribution < -0.4 is 0 Å². The molecule has 1 heterocycles. The fourth-order valence-electron chi connectivity index (χ4n) is 2.71. The van der Waals surface area contributed by atoms with Crippen molar-refractivity contribution >= 4 is 18.2 Å². The van der Waals surface area contributed by atoms with E-state index in [0.717, 1.165) is 12.0 Å². The van der Waals surface area contributed by atoms with Crippen LogP contribution >= 0.6 is 0 Å². The van der Waals surface area contributed by atoms with Gasteiger partial charge in [0.05, 0.1) is 11.3 Å². The third-order valence-electron chi connectivity index (χ3n) is 3.81. The summed E-state index contributed by atoms with van der Waals surface area (Å²) < 4.78 is 10.8. The summed E-state index contributed by atoms with van der Waals surface area (Å²) in [5.41, 5.74) is 3.80. The Kier molecular flexibility index (Phi) is 6.59. The standard InChI is InChI=1S/C21H25NO5/c1-5-9-15-17(19(24)26-13-14-10-7-6-8-11-14)16(12-23)22-18(15)20(25)27-21(2,3)4/h6,10-12,22H,5,7,9,13H2,1-4H3. The summed E-state index contributed by atoms with van der Waals surface area (Å²) in [5, 5.41) is 0. The van der Waals surface area contributed by atoms with Crippen LogP contribution in [0.5, 0.6) is 0 Å². The zero-order valence-electron chi connectivity index (χ0n) is 16.2. The lowest BCUT2D eigenvalue weighted by molar-refractivity contribution is 0.00623. The van der Waals surface area contributed by atoms with Crippen molar-refractivity contribution in [1.29, 1.82) is 0 Å². The number of H-pyrrole nitrogens is 1. The number of aromatic nitrogens is 1. The summed E-state index contributed by atoms with van der Waals surface area (Å²) >= 11 is 0. The molecule has 0 amide bonds. The third kappa shape index (κ3) is 5.31. The molecular formula is C21H25NO5. The number of hydrogen-bond acceptors (Lipinski definition) is 5. The second-order valence-electron chi connectivity index (χ2n) is 7.24. The van der Waals surface area contributed by atoms with Gasteiger partial charge in [-0.1, -0.05) is 19.4 Å². The molecule has 27 heavy (non-hydrogen) atoms. The SMILES string of the molecule is CCCc1c(C(=O)OC(C)(C)C)[nH]c(C=O)c1C(=O)OCC1=CCC=C=C1. The van der Waals surface area contributed by atoms with E-state index in [0.29, 0.717) is 24.7 Å². The molecule has 1 aliphatic carbocycles. The largest absolute Gasteiger partial charge is 0.457 e. The van der Waals surface area contributed by atoms with Crippen molar-refractivity contribution in [3.05, 3.63) is 52.0 Å². The van der Waals surface area contributed by atoms with E-state index in [4.69, 9.17) is 9.47 Å². The molecule has 6 heteroatoms. The van der Waals surface area contributed by atoms with E-state index in [9.17, 15) is 14.4 Å². The molecule has 1 N–H and O–H groups in total. The van der Waals surface area contributed by atoms with Gasteiger partial charge in [0.2, 0.25) is 0 Å². The minimum Gasteiger partial charge on any atom is -0.457 e. The number of hydrogen-bond donors (Lipinski definition) is 1. The second kappa shape index (κ2) is 8.69. The highest BCUT2D eigenvalue weighted by Gasteiger charge is 2.29. The molecule has 2 rings (SSSR count). The van der Waals surface area contributed by atoms with Crippen molar-refractivity contribution in [3.8, 4) is 0 Å². The highest BCUT2D eigenvalue weighted by atomic mass is 16.6. The molecule has 0 aliphatic heterocycles. The van der Waals surface area contributed by atoms with E-state index >= 15 is 0 Å². The van der Waals surface area contributed by atoms with E-state index in [1.165, 1.54) is 0 Å². The van der Waals surface area contributed by atoms with Crippen LogP contribution in [-0.2, 0) is 15.9 Å². The molecule has 0 radical (unpaired) electrons. The maximum absolute atomic E-state index is 12.7. The maximum Gasteiger partial charge on any atom is 0.355 e. The predicted molar refractivity (Wildman–Crippen MR) is 101 cm³/mol. The summed E-state index contributed by atoms with van der Waals surface area (Å²) in [7, 11) is 0. The summed E-state index contributed by atoms with van der Waals surface area (Å²) in [5.74, 6) is -1.24. The topological polar surface area (TPSA) is 85.5 Å². The first-order valence-electron chi connectivity index (χ1n) is 8.97. The highest BCUT2D eigenvalue weighted by Crippen LogP contribution is 2.24. The Morgan fingerprint density at radius 3 is 2.59 bits per heavy atom. The molecule has 1 aromatic heterocycles. The molecule has 0 aromatic carbocycles. The third-order valence-corrected chi connectivity index (χ3v) is 3.81. The summed E-state index contributed by atoms with van der Waals surface area (Å²) in [4.78, 5) is 39.4. The molecule has 0 saturated heterocycles. The highest BCUT2D eigenvalue weighted by molar-refractivity contribution is 6.03. The lowest BCUT2D eigenvalue weighted by Crippen LogP contribution is -2.25. The minimum atomic E-state index is -0.693. The fraction of sp³-hybridized carbons (Fsp3) is 0.429. The molecule has 0 atom stereocenters. The smallest absolute Gasteiger partial charge is 0.355 e. The first kappa shape index (κ1) is 20.5. The molecular weight excluding hydrogens is 346 g/mol. The molecule has 0 saturated carbocycles. The number of aldehydes is 1. The van der Waals surface area contributed by atoms with Gasteiger partial charge in [0, 0.05) is 0 Å². The molecule has 1 aromatic rings. The number of esters is 2. The van der Waals surface area contributed by atoms with Crippen LogP contribution in [0.4, 0.5) is 0 Å². The van der Waals surface area contributed by atoms with Crippen LogP contribution in [0.3, 0.4) is 0 Å². The van der Waals surface area contributed by atoms with Crippen molar-refractivity contribution < 1.29 is 23.9 Å². The lowest BCUT2D eigenvalue weighted by atomic mass is 10.0. The van der Waals surface area contributed by atoms with Crippen LogP contribution in [-0.4, -0.2) is 35.4 Å². The molecule has 0 unspecified atom stereocenters. The van der Waals surface area contributed by atoms with Crippen LogP contribution in [0.2, 0.25) is 0 Å². The van der Waals surface area contributed by atoms with Crippen molar-refractivity contribution in [1.82, 2.24) is 4.98 Å². The maximum atomic E-state index is 12.7. The Labute approximate surface area is 158 Å². The number of allylic oxidation sites excluding steroid dienone is 1. The second-order valence-corrected chi connectivity index (χ2v) is 7.24. The number of rotatable bonds is 7. The fourth-order valence-corrected chi connectivity index (χ4v) is 2.71. The van der Waals surface area contributed by atoms with Gasteiger partial charge in [-0.2, -0.15) is 0 Å². The Morgan fingerprint density at radius 1 is 1.30 bits per heavy atom. The van der Waals surface area contributed by atoms with Gasteiger partial charge in [-0.3, -0.25) is 4.79 Å².